The van der Waals surface area contributed by atoms with Crippen molar-refractivity contribution in [3.05, 3.63) is 12.2 Å². The Morgan fingerprint density at radius 3 is 2.63 bits per heavy atom. The minimum atomic E-state index is -0.890. The van der Waals surface area contributed by atoms with E-state index >= 15 is 0 Å². The number of carbonyl (C=O) groups is 2. The summed E-state index contributed by atoms with van der Waals surface area (Å²) < 4.78 is 0. The van der Waals surface area contributed by atoms with Crippen LogP contribution in [0.5, 0.6) is 0 Å². The van der Waals surface area contributed by atoms with Gasteiger partial charge < -0.3 is 10.2 Å². The van der Waals surface area contributed by atoms with Crippen molar-refractivity contribution in [3.8, 4) is 0 Å². The van der Waals surface area contributed by atoms with Gasteiger partial charge in [0, 0.05) is 12.3 Å². The number of aliphatic hydroxyl groups excluding tert-OH is 1. The molecule has 0 aromatic rings. The summed E-state index contributed by atoms with van der Waals surface area (Å²) in [4.78, 5) is 22.4. The zero-order chi connectivity index (χ0) is 14.3. The summed E-state index contributed by atoms with van der Waals surface area (Å²) in [5.41, 5.74) is 0. The van der Waals surface area contributed by atoms with Crippen molar-refractivity contribution < 1.29 is 19.8 Å². The Kier molecular flexibility index (Phi) is 6.78. The number of ketones is 1. The van der Waals surface area contributed by atoms with Crippen molar-refractivity contribution in [3.63, 3.8) is 0 Å². The first-order valence-corrected chi connectivity index (χ1v) is 7.15. The lowest BCUT2D eigenvalue weighted by Gasteiger charge is -2.17. The number of aliphatic hydroxyl groups is 1. The molecule has 0 aromatic carbocycles. The van der Waals surface area contributed by atoms with Crippen LogP contribution in [0.2, 0.25) is 0 Å². The molecule has 1 fully saturated rings. The van der Waals surface area contributed by atoms with Gasteiger partial charge in [-0.05, 0) is 31.3 Å². The molecule has 1 aliphatic rings. The standard InChI is InChI=1S/C15H24O4/c1-2-3-4-5-12(16)8-6-11-7-9-14(17)13(11)10-15(18)19/h6,8,11,13-14,17H,2-5,7,9-10H2,1H3,(H,18,19)/b8-6+/t11?,13?,14-/m1/s1. The number of unbranched alkanes of at least 4 members (excludes halogenated alkanes) is 2. The van der Waals surface area contributed by atoms with Crippen LogP contribution < -0.4 is 0 Å². The molecule has 1 saturated carbocycles. The maximum absolute atomic E-state index is 11.6. The number of carbonyl (C=O) groups excluding carboxylic acids is 1. The van der Waals surface area contributed by atoms with Gasteiger partial charge in [0.25, 0.3) is 0 Å². The predicted octanol–water partition coefficient (Wildman–Crippen LogP) is 2.55. The van der Waals surface area contributed by atoms with Crippen molar-refractivity contribution >= 4 is 11.8 Å². The molecule has 2 unspecified atom stereocenters. The van der Waals surface area contributed by atoms with Crippen LogP contribution in [0.25, 0.3) is 0 Å². The lowest BCUT2D eigenvalue weighted by Crippen LogP contribution is -2.21. The highest BCUT2D eigenvalue weighted by atomic mass is 16.4. The summed E-state index contributed by atoms with van der Waals surface area (Å²) in [6.07, 6.45) is 7.80. The Labute approximate surface area is 114 Å². The number of carboxylic acids is 1. The highest BCUT2D eigenvalue weighted by molar-refractivity contribution is 5.89. The van der Waals surface area contributed by atoms with Gasteiger partial charge in [-0.2, -0.15) is 0 Å². The summed E-state index contributed by atoms with van der Waals surface area (Å²) in [5.74, 6) is -1.03. The minimum Gasteiger partial charge on any atom is -0.481 e. The van der Waals surface area contributed by atoms with E-state index in [0.717, 1.165) is 25.7 Å². The first kappa shape index (κ1) is 15.9. The molecule has 0 radical (unpaired) electrons. The molecule has 0 heterocycles. The molecule has 0 aromatic heterocycles. The molecular weight excluding hydrogens is 244 g/mol. The van der Waals surface area contributed by atoms with Crippen LogP contribution in [-0.2, 0) is 9.59 Å². The van der Waals surface area contributed by atoms with Crippen LogP contribution in [0, 0.1) is 11.8 Å². The first-order valence-electron chi connectivity index (χ1n) is 7.15. The van der Waals surface area contributed by atoms with Crippen LogP contribution in [0.3, 0.4) is 0 Å². The average Bonchev–Trinajstić information content (AvgIpc) is 2.68. The third-order valence-electron chi connectivity index (χ3n) is 3.81. The molecule has 0 bridgehead atoms. The summed E-state index contributed by atoms with van der Waals surface area (Å²) in [7, 11) is 0. The monoisotopic (exact) mass is 268 g/mol. The Morgan fingerprint density at radius 1 is 1.26 bits per heavy atom. The Morgan fingerprint density at radius 2 is 2.00 bits per heavy atom. The maximum Gasteiger partial charge on any atom is 0.303 e. The summed E-state index contributed by atoms with van der Waals surface area (Å²) in [6.45, 7) is 2.09. The van der Waals surface area contributed by atoms with Crippen molar-refractivity contribution in [1.82, 2.24) is 0 Å². The first-order chi connectivity index (χ1) is 9.04. The van der Waals surface area contributed by atoms with Gasteiger partial charge in [0.05, 0.1) is 12.5 Å². The molecule has 2 N–H and O–H groups in total. The Bertz CT molecular complexity index is 335. The second-order valence-electron chi connectivity index (χ2n) is 5.35. The lowest BCUT2D eigenvalue weighted by atomic mass is 9.91. The van der Waals surface area contributed by atoms with E-state index in [-0.39, 0.29) is 24.0 Å². The van der Waals surface area contributed by atoms with Gasteiger partial charge in [-0.15, -0.1) is 0 Å². The van der Waals surface area contributed by atoms with Crippen LogP contribution in [0.4, 0.5) is 0 Å². The maximum atomic E-state index is 11.6. The third kappa shape index (κ3) is 5.55. The van der Waals surface area contributed by atoms with Crippen molar-refractivity contribution in [2.24, 2.45) is 11.8 Å². The van der Waals surface area contributed by atoms with Crippen LogP contribution in [-0.4, -0.2) is 28.1 Å². The fourth-order valence-electron chi connectivity index (χ4n) is 2.67. The lowest BCUT2D eigenvalue weighted by molar-refractivity contribution is -0.139. The molecule has 0 amide bonds. The molecule has 4 heteroatoms. The van der Waals surface area contributed by atoms with E-state index in [0.29, 0.717) is 12.8 Å². The van der Waals surface area contributed by atoms with Gasteiger partial charge >= 0.3 is 5.97 Å². The number of hydrogen-bond acceptors (Lipinski definition) is 3. The quantitative estimate of drug-likeness (QED) is 0.524. The Hall–Kier alpha value is -1.16. The topological polar surface area (TPSA) is 74.6 Å². The van der Waals surface area contributed by atoms with Crippen LogP contribution in [0.1, 0.15) is 51.9 Å². The van der Waals surface area contributed by atoms with E-state index in [1.807, 2.05) is 0 Å². The van der Waals surface area contributed by atoms with Crippen molar-refractivity contribution in [2.75, 3.05) is 0 Å². The van der Waals surface area contributed by atoms with E-state index < -0.39 is 12.1 Å². The highest BCUT2D eigenvalue weighted by Crippen LogP contribution is 2.35. The summed E-state index contributed by atoms with van der Waals surface area (Å²) >= 11 is 0. The molecule has 19 heavy (non-hydrogen) atoms. The molecule has 3 atom stereocenters. The summed E-state index contributed by atoms with van der Waals surface area (Å²) in [5, 5.41) is 18.6. The molecule has 4 nitrogen and oxygen atoms in total. The normalized spacial score (nSPS) is 26.9. The molecule has 1 rings (SSSR count). The molecular formula is C15H24O4. The largest absolute Gasteiger partial charge is 0.481 e. The average molecular weight is 268 g/mol. The van der Waals surface area contributed by atoms with Gasteiger partial charge in [0.2, 0.25) is 0 Å². The molecule has 0 aliphatic heterocycles. The predicted molar refractivity (Wildman–Crippen MR) is 72.8 cm³/mol. The van der Waals surface area contributed by atoms with Crippen molar-refractivity contribution in [1.29, 1.82) is 0 Å². The zero-order valence-corrected chi connectivity index (χ0v) is 11.5. The number of carboxylic acid groups (broad SMARTS) is 1. The van der Waals surface area contributed by atoms with Gasteiger partial charge in [0.1, 0.15) is 0 Å². The SMILES string of the molecule is CCCCCC(=O)/C=C/C1CC[C@@H](O)C1CC(=O)O. The smallest absolute Gasteiger partial charge is 0.303 e. The van der Waals surface area contributed by atoms with Gasteiger partial charge in [-0.3, -0.25) is 9.59 Å². The van der Waals surface area contributed by atoms with E-state index in [1.165, 1.54) is 0 Å². The highest BCUT2D eigenvalue weighted by Gasteiger charge is 2.34. The van der Waals surface area contributed by atoms with Gasteiger partial charge in [-0.25, -0.2) is 0 Å². The van der Waals surface area contributed by atoms with Gasteiger partial charge in [0.15, 0.2) is 5.78 Å². The second kappa shape index (κ2) is 8.10. The molecule has 108 valence electrons. The zero-order valence-electron chi connectivity index (χ0n) is 11.5. The van der Waals surface area contributed by atoms with E-state index in [1.54, 1.807) is 12.2 Å². The van der Waals surface area contributed by atoms with Crippen LogP contribution in [0.15, 0.2) is 12.2 Å². The fraction of sp³-hybridized carbons (Fsp3) is 0.733. The van der Waals surface area contributed by atoms with Gasteiger partial charge in [-0.1, -0.05) is 25.8 Å². The Balaban J connectivity index is 2.45. The van der Waals surface area contributed by atoms with Crippen LogP contribution >= 0.6 is 0 Å². The number of rotatable bonds is 8. The van der Waals surface area contributed by atoms with E-state index in [4.69, 9.17) is 5.11 Å². The number of hydrogen-bond donors (Lipinski definition) is 2. The number of allylic oxidation sites excluding steroid dienone is 2. The fourth-order valence-corrected chi connectivity index (χ4v) is 2.67. The van der Waals surface area contributed by atoms with E-state index in [2.05, 4.69) is 6.92 Å². The molecule has 0 saturated heterocycles. The summed E-state index contributed by atoms with van der Waals surface area (Å²) in [6, 6.07) is 0. The third-order valence-corrected chi connectivity index (χ3v) is 3.81. The molecule has 1 aliphatic carbocycles. The minimum absolute atomic E-state index is 0.0150. The molecule has 0 spiro atoms. The van der Waals surface area contributed by atoms with Crippen molar-refractivity contribution in [2.45, 2.75) is 58.0 Å². The number of aliphatic carboxylic acids is 1. The second-order valence-corrected chi connectivity index (χ2v) is 5.35. The van der Waals surface area contributed by atoms with E-state index in [9.17, 15) is 14.7 Å².